The molecular weight excluding hydrogens is 232 g/mol. The maximum atomic E-state index is 10.6. The van der Waals surface area contributed by atoms with Crippen LogP contribution in [0, 0.1) is 0 Å². The second-order valence-corrected chi connectivity index (χ2v) is 4.69. The first-order chi connectivity index (χ1) is 8.85. The van der Waals surface area contributed by atoms with Gasteiger partial charge in [0.2, 0.25) is 12.4 Å². The van der Waals surface area contributed by atoms with E-state index in [-0.39, 0.29) is 0 Å². The molecule has 7 heteroatoms. The van der Waals surface area contributed by atoms with Gasteiger partial charge in [0.15, 0.2) is 5.82 Å². The molecule has 1 N–H and O–H groups in total. The van der Waals surface area contributed by atoms with E-state index in [1.165, 1.54) is 12.8 Å². The molecule has 0 atom stereocenters. The number of rotatable bonds is 4. The highest BCUT2D eigenvalue weighted by molar-refractivity contribution is 5.48. The fourth-order valence-electron chi connectivity index (χ4n) is 1.96. The maximum Gasteiger partial charge on any atom is 0.247 e. The van der Waals surface area contributed by atoms with Gasteiger partial charge in [-0.2, -0.15) is 10.1 Å². The topological polar surface area (TPSA) is 74.2 Å². The Balaban J connectivity index is 1.66. The molecule has 3 rings (SSSR count). The van der Waals surface area contributed by atoms with Crippen LogP contribution in [0.4, 0.5) is 11.8 Å². The van der Waals surface area contributed by atoms with Gasteiger partial charge in [-0.05, 0) is 12.8 Å². The summed E-state index contributed by atoms with van der Waals surface area (Å²) in [5.74, 6) is 1.44. The number of nitrogens with zero attached hydrogens (tertiary/aromatic N) is 5. The van der Waals surface area contributed by atoms with Crippen molar-refractivity contribution in [2.75, 3.05) is 36.4 Å². The highest BCUT2D eigenvalue weighted by Crippen LogP contribution is 2.23. The molecule has 1 aromatic rings. The second kappa shape index (κ2) is 4.75. The molecule has 0 radical (unpaired) electrons. The fraction of sp³-hybridized carbons (Fsp3) is 0.636. The van der Waals surface area contributed by atoms with Crippen molar-refractivity contribution in [3.8, 4) is 0 Å². The smallest absolute Gasteiger partial charge is 0.247 e. The van der Waals surface area contributed by atoms with E-state index in [1.807, 2.05) is 0 Å². The summed E-state index contributed by atoms with van der Waals surface area (Å²) in [5, 5.41) is 11.3. The molecule has 2 fully saturated rings. The Labute approximate surface area is 105 Å². The normalized spacial score (nSPS) is 19.8. The van der Waals surface area contributed by atoms with Crippen molar-refractivity contribution in [3.05, 3.63) is 6.20 Å². The second-order valence-electron chi connectivity index (χ2n) is 4.69. The average molecular weight is 248 g/mol. The first kappa shape index (κ1) is 11.2. The van der Waals surface area contributed by atoms with Crippen LogP contribution in [0.15, 0.2) is 6.20 Å². The van der Waals surface area contributed by atoms with Crippen LogP contribution in [0.5, 0.6) is 0 Å². The highest BCUT2D eigenvalue weighted by Gasteiger charge is 2.23. The van der Waals surface area contributed by atoms with Crippen molar-refractivity contribution in [2.24, 2.45) is 0 Å². The van der Waals surface area contributed by atoms with Crippen molar-refractivity contribution in [2.45, 2.75) is 18.9 Å². The third-order valence-corrected chi connectivity index (χ3v) is 3.22. The van der Waals surface area contributed by atoms with Gasteiger partial charge >= 0.3 is 0 Å². The highest BCUT2D eigenvalue weighted by atomic mass is 16.1. The van der Waals surface area contributed by atoms with Crippen LogP contribution < -0.4 is 10.2 Å². The number of carbonyl (C=O) groups is 1. The number of anilines is 2. The van der Waals surface area contributed by atoms with Gasteiger partial charge in [0.25, 0.3) is 0 Å². The minimum absolute atomic E-state index is 0.557. The lowest BCUT2D eigenvalue weighted by Gasteiger charge is -2.32. The van der Waals surface area contributed by atoms with Gasteiger partial charge in [-0.15, -0.1) is 5.10 Å². The summed E-state index contributed by atoms with van der Waals surface area (Å²) in [4.78, 5) is 18.9. The van der Waals surface area contributed by atoms with Gasteiger partial charge in [0.1, 0.15) is 0 Å². The predicted molar refractivity (Wildman–Crippen MR) is 66.3 cm³/mol. The molecular formula is C11H16N6O. The molecule has 0 unspecified atom stereocenters. The Morgan fingerprint density at radius 3 is 2.72 bits per heavy atom. The minimum atomic E-state index is 0.557. The van der Waals surface area contributed by atoms with E-state index < -0.39 is 0 Å². The molecule has 0 aromatic carbocycles. The Bertz CT molecular complexity index is 427. The zero-order valence-corrected chi connectivity index (χ0v) is 10.1. The molecule has 1 amide bonds. The van der Waals surface area contributed by atoms with Crippen LogP contribution in [-0.4, -0.2) is 58.7 Å². The monoisotopic (exact) mass is 248 g/mol. The largest absolute Gasteiger partial charge is 0.366 e. The van der Waals surface area contributed by atoms with Crippen LogP contribution in [-0.2, 0) is 4.79 Å². The van der Waals surface area contributed by atoms with E-state index in [0.717, 1.165) is 25.3 Å². The number of nitrogens with one attached hydrogen (secondary N) is 1. The Hall–Kier alpha value is -1.92. The lowest BCUT2D eigenvalue weighted by Crippen LogP contribution is -2.46. The van der Waals surface area contributed by atoms with Crippen LogP contribution in [0.2, 0.25) is 0 Å². The molecule has 18 heavy (non-hydrogen) atoms. The molecule has 1 saturated carbocycles. The van der Waals surface area contributed by atoms with E-state index in [1.54, 1.807) is 11.1 Å². The summed E-state index contributed by atoms with van der Waals surface area (Å²) in [5.41, 5.74) is 0. The number of piperazine rings is 1. The van der Waals surface area contributed by atoms with Gasteiger partial charge in [-0.3, -0.25) is 4.79 Å². The standard InChI is InChI=1S/C11H16N6O/c18-8-16-3-5-17(6-4-16)11-14-10(7-12-15-11)13-9-1-2-9/h7-9H,1-6H2,(H,13,14,15). The van der Waals surface area contributed by atoms with Crippen molar-refractivity contribution < 1.29 is 4.79 Å². The molecule has 96 valence electrons. The Morgan fingerprint density at radius 1 is 1.28 bits per heavy atom. The van der Waals surface area contributed by atoms with Gasteiger partial charge in [-0.1, -0.05) is 0 Å². The summed E-state index contributed by atoms with van der Waals surface area (Å²) in [6.07, 6.45) is 4.96. The summed E-state index contributed by atoms with van der Waals surface area (Å²) in [7, 11) is 0. The predicted octanol–water partition coefficient (Wildman–Crippen LogP) is -0.276. The van der Waals surface area contributed by atoms with Crippen LogP contribution >= 0.6 is 0 Å². The van der Waals surface area contributed by atoms with E-state index in [2.05, 4.69) is 25.4 Å². The van der Waals surface area contributed by atoms with Crippen LogP contribution in [0.25, 0.3) is 0 Å². The summed E-state index contributed by atoms with van der Waals surface area (Å²) in [6, 6.07) is 0.557. The van der Waals surface area contributed by atoms with E-state index >= 15 is 0 Å². The molecule has 0 bridgehead atoms. The van der Waals surface area contributed by atoms with Crippen LogP contribution in [0.1, 0.15) is 12.8 Å². The average Bonchev–Trinajstić information content (AvgIpc) is 3.23. The summed E-state index contributed by atoms with van der Waals surface area (Å²) in [6.45, 7) is 2.95. The van der Waals surface area contributed by atoms with Crippen LogP contribution in [0.3, 0.4) is 0 Å². The lowest BCUT2D eigenvalue weighted by molar-refractivity contribution is -0.118. The number of hydrogen-bond acceptors (Lipinski definition) is 6. The van der Waals surface area contributed by atoms with Gasteiger partial charge in [0.05, 0.1) is 6.20 Å². The van der Waals surface area contributed by atoms with E-state index in [4.69, 9.17) is 0 Å². The molecule has 2 heterocycles. The quantitative estimate of drug-likeness (QED) is 0.739. The number of amides is 1. The zero-order chi connectivity index (χ0) is 12.4. The minimum Gasteiger partial charge on any atom is -0.366 e. The summed E-state index contributed by atoms with van der Waals surface area (Å²) >= 11 is 0. The third-order valence-electron chi connectivity index (χ3n) is 3.22. The Morgan fingerprint density at radius 2 is 2.06 bits per heavy atom. The third kappa shape index (κ3) is 2.49. The molecule has 2 aliphatic rings. The summed E-state index contributed by atoms with van der Waals surface area (Å²) < 4.78 is 0. The van der Waals surface area contributed by atoms with Gasteiger partial charge < -0.3 is 15.1 Å². The molecule has 1 aromatic heterocycles. The first-order valence-electron chi connectivity index (χ1n) is 6.26. The fourth-order valence-corrected chi connectivity index (χ4v) is 1.96. The van der Waals surface area contributed by atoms with Crippen molar-refractivity contribution >= 4 is 18.2 Å². The van der Waals surface area contributed by atoms with Crippen molar-refractivity contribution in [3.63, 3.8) is 0 Å². The SMILES string of the molecule is O=CN1CCN(c2nncc(NC3CC3)n2)CC1. The first-order valence-corrected chi connectivity index (χ1v) is 6.26. The molecule has 7 nitrogen and oxygen atoms in total. The molecule has 1 aliphatic heterocycles. The van der Waals surface area contributed by atoms with Crippen molar-refractivity contribution in [1.82, 2.24) is 20.1 Å². The van der Waals surface area contributed by atoms with Gasteiger partial charge in [0, 0.05) is 32.2 Å². The van der Waals surface area contributed by atoms with E-state index in [9.17, 15) is 4.79 Å². The number of hydrogen-bond donors (Lipinski definition) is 1. The van der Waals surface area contributed by atoms with Crippen molar-refractivity contribution in [1.29, 1.82) is 0 Å². The maximum absolute atomic E-state index is 10.6. The Kier molecular flexibility index (Phi) is 2.95. The van der Waals surface area contributed by atoms with Gasteiger partial charge in [-0.25, -0.2) is 0 Å². The zero-order valence-electron chi connectivity index (χ0n) is 10.1. The lowest BCUT2D eigenvalue weighted by atomic mass is 10.3. The molecule has 1 aliphatic carbocycles. The molecule has 0 spiro atoms. The number of carbonyl (C=O) groups excluding carboxylic acids is 1. The molecule has 1 saturated heterocycles. The number of aromatic nitrogens is 3. The van der Waals surface area contributed by atoms with E-state index in [0.29, 0.717) is 25.1 Å².